The highest BCUT2D eigenvalue weighted by Gasteiger charge is 2.50. The molecule has 0 spiro atoms. The summed E-state index contributed by atoms with van der Waals surface area (Å²) >= 11 is 2.83. The average Bonchev–Trinajstić information content (AvgIpc) is 0.974. The van der Waals surface area contributed by atoms with Crippen LogP contribution in [0.15, 0.2) is 109 Å². The molecule has 108 heavy (non-hydrogen) atoms. The maximum atomic E-state index is 15.1. The van der Waals surface area contributed by atoms with Gasteiger partial charge in [-0.25, -0.2) is 4.98 Å². The molecule has 0 aliphatic carbocycles. The Kier molecular flexibility index (Phi) is 28.6. The van der Waals surface area contributed by atoms with Gasteiger partial charge in [0.25, 0.3) is 5.91 Å². The summed E-state index contributed by atoms with van der Waals surface area (Å²) in [4.78, 5) is 180. The standard InChI is InChI=1S/C76H100N14O16S2/c1-10-52-66(99)84-57(63(77)97)40-108-39-47-15-11-14-46(32-47)38-107-31-27-59(94)86-62(74(6,7)8)70(103)83-55(34-45-20-24-50(93)25-21-45)71(104)90-30-13-17-58(90)68(101)87-61(43(5)91)69(102)82-54(35-48-37-79-64-51(48)16-12-29-78-64)67(100)89-75(9,28-26-60(95)96)72(105)80-42(4)65(98)81-53(33-44-18-22-49(92)23-19-44)56-36-76(88-56,41(2)3)73(106)85-52/h11-12,14-16,18-25,29,32,36-37,41-43,52-55,57-58,61-62,88,91-93H,10,13,17,26-28,30-31,33-35,38-40H2,1-9H3,(H2,77,97)(H,78,79)(H,80,105)(H,81,98)(H,82,102)(H,83,103)(H,84,99)(H,85,106)(H,86,94)(H,87,101)(H,89,100)(H,95,96)/t42-,43+,52?,53-,54-,55-,57+,58-,61-,62?,75-,76-/m0/s1. The molecule has 6 heterocycles. The summed E-state index contributed by atoms with van der Waals surface area (Å²) in [6.45, 7) is 14.3. The predicted molar refractivity (Wildman–Crippen MR) is 405 cm³/mol. The second-order valence-corrected chi connectivity index (χ2v) is 31.5. The predicted octanol–water partition coefficient (Wildman–Crippen LogP) is 2.41. The summed E-state index contributed by atoms with van der Waals surface area (Å²) in [6.07, 6.45) is 1.81. The highest BCUT2D eigenvalue weighted by molar-refractivity contribution is 7.98. The average molecular weight is 1530 g/mol. The molecule has 582 valence electrons. The van der Waals surface area contributed by atoms with E-state index in [1.54, 1.807) is 84.0 Å². The van der Waals surface area contributed by atoms with E-state index in [9.17, 15) is 68.4 Å². The monoisotopic (exact) mass is 1530 g/mol. The van der Waals surface area contributed by atoms with Crippen molar-refractivity contribution >= 4 is 106 Å². The molecule has 11 amide bonds. The van der Waals surface area contributed by atoms with Crippen molar-refractivity contribution in [3.63, 3.8) is 0 Å². The van der Waals surface area contributed by atoms with E-state index in [4.69, 9.17) is 5.73 Å². The number of nitrogens with two attached hydrogens (primary N) is 1. The van der Waals surface area contributed by atoms with E-state index in [1.807, 2.05) is 24.3 Å². The number of aromatic nitrogens is 2. The van der Waals surface area contributed by atoms with Crippen molar-refractivity contribution in [2.24, 2.45) is 17.1 Å². The van der Waals surface area contributed by atoms with E-state index >= 15 is 9.59 Å². The van der Waals surface area contributed by atoms with Crippen molar-refractivity contribution in [2.75, 3.05) is 18.1 Å². The molecule has 2 aromatic heterocycles. The Hall–Kier alpha value is -10.2. The fourth-order valence-electron chi connectivity index (χ4n) is 13.0. The first-order valence-electron chi connectivity index (χ1n) is 36.0. The molecule has 4 bridgehead atoms. The number of amides is 11. The quantitative estimate of drug-likeness (QED) is 0.0753. The van der Waals surface area contributed by atoms with Gasteiger partial charge in [-0.3, -0.25) is 57.5 Å². The van der Waals surface area contributed by atoms with Gasteiger partial charge >= 0.3 is 5.97 Å². The number of thioether (sulfide) groups is 2. The highest BCUT2D eigenvalue weighted by Crippen LogP contribution is 2.33. The van der Waals surface area contributed by atoms with Crippen LogP contribution in [0.5, 0.6) is 11.5 Å². The molecule has 4 aliphatic rings. The number of nitrogens with zero attached hydrogens (tertiary/aromatic N) is 2. The maximum Gasteiger partial charge on any atom is 0.303 e. The van der Waals surface area contributed by atoms with Gasteiger partial charge in [0.05, 0.1) is 12.1 Å². The molecule has 0 saturated carbocycles. The van der Waals surface area contributed by atoms with Crippen molar-refractivity contribution in [3.8, 4) is 11.5 Å². The number of carbonyl (C=O) groups excluding carboxylic acids is 11. The molecule has 12 atom stereocenters. The van der Waals surface area contributed by atoms with Crippen molar-refractivity contribution in [3.05, 3.63) is 137 Å². The number of aromatic hydroxyl groups is 2. The van der Waals surface area contributed by atoms with E-state index in [1.165, 1.54) is 85.9 Å². The minimum atomic E-state index is -2.16. The van der Waals surface area contributed by atoms with Crippen LogP contribution in [0.25, 0.3) is 11.0 Å². The number of rotatable bonds is 13. The number of phenolic OH excluding ortho intramolecular Hbond substituents is 2. The van der Waals surface area contributed by atoms with Crippen LogP contribution in [0, 0.1) is 11.3 Å². The number of carbonyl (C=O) groups is 12. The third-order valence-corrected chi connectivity index (χ3v) is 21.6. The second kappa shape index (κ2) is 37.1. The number of carboxylic acids is 1. The van der Waals surface area contributed by atoms with Crippen LogP contribution in [0.2, 0.25) is 0 Å². The fraction of sp³-hybridized carbons (Fsp3) is 0.487. The van der Waals surface area contributed by atoms with Crippen LogP contribution in [0.1, 0.15) is 129 Å². The zero-order valence-electron chi connectivity index (χ0n) is 62.0. The molecule has 9 rings (SSSR count). The first-order chi connectivity index (χ1) is 51.1. The Morgan fingerprint density at radius 2 is 1.31 bits per heavy atom. The summed E-state index contributed by atoms with van der Waals surface area (Å²) < 4.78 is 0. The van der Waals surface area contributed by atoms with Gasteiger partial charge in [-0.15, -0.1) is 0 Å². The lowest BCUT2D eigenvalue weighted by molar-refractivity contribution is -0.143. The molecule has 5 aromatic rings. The normalized spacial score (nSPS) is 26.0. The third kappa shape index (κ3) is 22.0. The number of hydrogen-bond donors (Lipinski definition) is 16. The Morgan fingerprint density at radius 3 is 1.92 bits per heavy atom. The molecular formula is C76H100N14O16S2. The Morgan fingerprint density at radius 1 is 0.694 bits per heavy atom. The largest absolute Gasteiger partial charge is 0.508 e. The van der Waals surface area contributed by atoms with Crippen molar-refractivity contribution in [1.29, 1.82) is 0 Å². The molecule has 3 aromatic carbocycles. The number of carboxylic acid groups (broad SMARTS) is 1. The summed E-state index contributed by atoms with van der Waals surface area (Å²) in [6, 6.07) is 11.1. The molecule has 1 fully saturated rings. The molecular weight excluding hydrogens is 1430 g/mol. The number of aliphatic hydroxyl groups is 1. The molecule has 17 N–H and O–H groups in total. The topological polar surface area (TPSA) is 464 Å². The molecule has 4 aliphatic heterocycles. The fourth-order valence-corrected chi connectivity index (χ4v) is 14.9. The Balaban J connectivity index is 1.11. The van der Waals surface area contributed by atoms with Gasteiger partial charge in [-0.05, 0) is 134 Å². The SMILES string of the molecule is CCC1NC(=O)[C@@]2(C(C)C)C=C(N2)[C@H](Cc2ccc(O)cc2)NC(=O)[C@H](C)NC(=O)[C@](C)(CCC(=O)O)NC(=O)[C@H](Cc2c[nH]c3ncccc23)NC(=O)[C@H]([C@@H](C)O)NC(=O)[C@@H]2CCCN2C(=O)[C@H](Cc2ccc(O)cc2)NC(=O)C(C(C)(C)C)NC(=O)CCSCc2cccc(c2)CSC[C@H](C(N)=O)NC1=O. The van der Waals surface area contributed by atoms with Crippen LogP contribution in [-0.4, -0.2) is 196 Å². The summed E-state index contributed by atoms with van der Waals surface area (Å²) in [5.41, 5.74) is 5.47. The van der Waals surface area contributed by atoms with Crippen LogP contribution >= 0.6 is 23.5 Å². The minimum Gasteiger partial charge on any atom is -0.508 e. The van der Waals surface area contributed by atoms with Gasteiger partial charge in [0.2, 0.25) is 59.1 Å². The number of primary amides is 1. The zero-order chi connectivity index (χ0) is 78.9. The van der Waals surface area contributed by atoms with Crippen molar-refractivity contribution in [1.82, 2.24) is 68.0 Å². The Bertz CT molecular complexity index is 4150. The smallest absolute Gasteiger partial charge is 0.303 e. The first-order valence-corrected chi connectivity index (χ1v) is 38.3. The van der Waals surface area contributed by atoms with Gasteiger partial charge in [0.1, 0.15) is 76.6 Å². The zero-order valence-corrected chi connectivity index (χ0v) is 63.7. The lowest BCUT2D eigenvalue weighted by Crippen LogP contribution is -2.69. The molecule has 1 saturated heterocycles. The molecule has 0 radical (unpaired) electrons. The highest BCUT2D eigenvalue weighted by atomic mass is 32.2. The number of pyridine rings is 1. The maximum absolute atomic E-state index is 15.1. The number of aliphatic carboxylic acids is 1. The van der Waals surface area contributed by atoms with E-state index in [2.05, 4.69) is 63.1 Å². The first kappa shape index (κ1) is 83.4. The van der Waals surface area contributed by atoms with Crippen LogP contribution in [0.3, 0.4) is 0 Å². The number of fused-ring (bicyclic) bond motifs is 33. The van der Waals surface area contributed by atoms with Crippen molar-refractivity contribution in [2.45, 2.75) is 203 Å². The second-order valence-electron chi connectivity index (χ2n) is 29.3. The van der Waals surface area contributed by atoms with Gasteiger partial charge < -0.3 is 89.2 Å². The number of benzene rings is 3. The molecule has 30 nitrogen and oxygen atoms in total. The van der Waals surface area contributed by atoms with Crippen LogP contribution in [0.4, 0.5) is 0 Å². The Labute approximate surface area is 635 Å². The lowest BCUT2D eigenvalue weighted by atomic mass is 9.77. The van der Waals surface area contributed by atoms with Gasteiger partial charge in [-0.2, -0.15) is 23.5 Å². The van der Waals surface area contributed by atoms with Gasteiger partial charge in [0, 0.05) is 78.7 Å². The van der Waals surface area contributed by atoms with Gasteiger partial charge in [0.15, 0.2) is 0 Å². The van der Waals surface area contributed by atoms with Gasteiger partial charge in [-0.1, -0.05) is 90.1 Å². The number of nitrogens with one attached hydrogen (secondary N) is 11. The number of hydrogen-bond acceptors (Lipinski definition) is 19. The van der Waals surface area contributed by atoms with E-state index in [0.29, 0.717) is 50.7 Å². The van der Waals surface area contributed by atoms with E-state index in [-0.39, 0.29) is 68.7 Å². The summed E-state index contributed by atoms with van der Waals surface area (Å²) in [7, 11) is 0. The number of phenols is 2. The number of aliphatic hydroxyl groups excluding tert-OH is 1. The van der Waals surface area contributed by atoms with E-state index in [0.717, 1.165) is 11.1 Å². The van der Waals surface area contributed by atoms with E-state index < -0.39 is 167 Å². The lowest BCUT2D eigenvalue weighted by Gasteiger charge is -2.46. The summed E-state index contributed by atoms with van der Waals surface area (Å²) in [5.74, 6) is -9.36. The summed E-state index contributed by atoms with van der Waals surface area (Å²) in [5, 5.41) is 70.2. The third-order valence-electron chi connectivity index (χ3n) is 19.5. The molecule has 32 heteroatoms. The van der Waals surface area contributed by atoms with Crippen LogP contribution in [-0.2, 0) is 88.3 Å². The number of aromatic amines is 1. The van der Waals surface area contributed by atoms with Crippen LogP contribution < -0.4 is 58.9 Å². The van der Waals surface area contributed by atoms with Crippen molar-refractivity contribution < 1.29 is 78.0 Å². The molecule has 2 unspecified atom stereocenters. The minimum absolute atomic E-state index is 0.00831. The number of H-pyrrole nitrogens is 1.